The summed E-state index contributed by atoms with van der Waals surface area (Å²) in [5.41, 5.74) is 3.20. The smallest absolute Gasteiger partial charge is 0.229 e. The molecule has 7 nitrogen and oxygen atoms in total. The van der Waals surface area contributed by atoms with Crippen LogP contribution in [0.15, 0.2) is 71.5 Å². The quantitative estimate of drug-likeness (QED) is 0.320. The first-order valence-corrected chi connectivity index (χ1v) is 11.3. The van der Waals surface area contributed by atoms with Gasteiger partial charge in [-0.15, -0.1) is 0 Å². The number of rotatable bonds is 4. The van der Waals surface area contributed by atoms with Crippen LogP contribution < -0.4 is 5.32 Å². The summed E-state index contributed by atoms with van der Waals surface area (Å²) in [4.78, 5) is 9.18. The van der Waals surface area contributed by atoms with Gasteiger partial charge in [0.2, 0.25) is 5.95 Å². The molecule has 0 bridgehead atoms. The molecule has 1 unspecified atom stereocenters. The van der Waals surface area contributed by atoms with E-state index >= 15 is 0 Å². The van der Waals surface area contributed by atoms with Gasteiger partial charge in [-0.1, -0.05) is 40.7 Å². The van der Waals surface area contributed by atoms with E-state index in [0.29, 0.717) is 22.4 Å². The van der Waals surface area contributed by atoms with Crippen molar-refractivity contribution >= 4 is 34.3 Å². The number of halogens is 1. The third-order valence-corrected chi connectivity index (χ3v) is 5.81. The number of fused-ring (bicyclic) bond motifs is 1. The lowest BCUT2D eigenvalue weighted by Crippen LogP contribution is -2.18. The summed E-state index contributed by atoms with van der Waals surface area (Å²) < 4.78 is 7.04. The Hall–Kier alpha value is -4.12. The monoisotopic (exact) mass is 483 g/mol. The molecule has 35 heavy (non-hydrogen) atoms. The summed E-state index contributed by atoms with van der Waals surface area (Å²) in [6.45, 7) is 5.35. The van der Waals surface area contributed by atoms with E-state index in [-0.39, 0.29) is 0 Å². The Labute approximate surface area is 207 Å². The van der Waals surface area contributed by atoms with Crippen molar-refractivity contribution in [3.8, 4) is 17.5 Å². The average molecular weight is 484 g/mol. The third-order valence-electron chi connectivity index (χ3n) is 5.57. The molecule has 5 rings (SSSR count). The lowest BCUT2D eigenvalue weighted by molar-refractivity contribution is 0.112. The van der Waals surface area contributed by atoms with E-state index in [2.05, 4.69) is 27.3 Å². The fraction of sp³-hybridized carbons (Fsp3) is 0.148. The molecule has 3 aromatic heterocycles. The van der Waals surface area contributed by atoms with Gasteiger partial charge in [0, 0.05) is 45.8 Å². The van der Waals surface area contributed by atoms with Crippen LogP contribution in [0.1, 0.15) is 29.5 Å². The van der Waals surface area contributed by atoms with Crippen LogP contribution in [0, 0.1) is 25.7 Å². The molecular formula is C27H22ClN5O2. The zero-order valence-corrected chi connectivity index (χ0v) is 20.1. The maximum absolute atomic E-state index is 10.7. The minimum Gasteiger partial charge on any atom is -0.372 e. The zero-order valence-electron chi connectivity index (χ0n) is 19.4. The molecule has 0 spiro atoms. The number of nitrogens with one attached hydrogen (secondary N) is 1. The number of aromatic nitrogens is 4. The van der Waals surface area contributed by atoms with Crippen molar-refractivity contribution in [1.29, 1.82) is 0 Å². The van der Waals surface area contributed by atoms with Gasteiger partial charge in [0.25, 0.3) is 0 Å². The summed E-state index contributed by atoms with van der Waals surface area (Å²) in [6, 6.07) is 17.0. The second-order valence-electron chi connectivity index (χ2n) is 8.44. The van der Waals surface area contributed by atoms with Crippen LogP contribution in [0.4, 0.5) is 11.6 Å². The van der Waals surface area contributed by atoms with E-state index in [1.165, 1.54) is 0 Å². The van der Waals surface area contributed by atoms with Crippen molar-refractivity contribution in [2.24, 2.45) is 0 Å². The van der Waals surface area contributed by atoms with Crippen LogP contribution in [0.5, 0.6) is 0 Å². The van der Waals surface area contributed by atoms with Crippen molar-refractivity contribution in [3.05, 3.63) is 94.6 Å². The lowest BCUT2D eigenvalue weighted by atomic mass is 10.0. The number of benzene rings is 2. The van der Waals surface area contributed by atoms with Crippen LogP contribution in [0.25, 0.3) is 16.7 Å². The number of aliphatic hydroxyl groups is 1. The molecule has 174 valence electrons. The Balaban J connectivity index is 1.47. The van der Waals surface area contributed by atoms with E-state index in [0.717, 1.165) is 33.5 Å². The summed E-state index contributed by atoms with van der Waals surface area (Å²) >= 11 is 6.15. The number of hydrogen-bond acceptors (Lipinski definition) is 6. The molecular weight excluding hydrogens is 462 g/mol. The average Bonchev–Trinajstić information content (AvgIpc) is 3.47. The molecule has 0 saturated carbocycles. The minimum atomic E-state index is -1.43. The zero-order chi connectivity index (χ0) is 24.6. The second-order valence-corrected chi connectivity index (χ2v) is 8.87. The molecule has 0 aliphatic heterocycles. The standard InChI is InChI=1S/C27H22ClN5O2/c1-17-7-8-21(28)15-23(17)30-26-29-16-20-10-12-33(25(20)31-26)22-6-4-5-19(14-22)9-11-27(3,34)24-13-18(2)35-32-24/h4-8,10,12-16,34H,1-3H3,(H,29,30,31). The first-order chi connectivity index (χ1) is 16.8. The molecule has 0 saturated heterocycles. The molecule has 0 amide bonds. The van der Waals surface area contributed by atoms with Crippen molar-refractivity contribution in [2.75, 3.05) is 5.32 Å². The van der Waals surface area contributed by atoms with Gasteiger partial charge in [0.15, 0.2) is 5.60 Å². The maximum atomic E-state index is 10.7. The molecule has 1 atom stereocenters. The molecule has 0 fully saturated rings. The fourth-order valence-electron chi connectivity index (χ4n) is 3.62. The van der Waals surface area contributed by atoms with Crippen molar-refractivity contribution in [1.82, 2.24) is 19.7 Å². The van der Waals surface area contributed by atoms with Crippen molar-refractivity contribution < 1.29 is 9.63 Å². The largest absolute Gasteiger partial charge is 0.372 e. The highest BCUT2D eigenvalue weighted by molar-refractivity contribution is 6.30. The lowest BCUT2D eigenvalue weighted by Gasteiger charge is -2.11. The molecule has 3 heterocycles. The molecule has 0 aliphatic carbocycles. The van der Waals surface area contributed by atoms with E-state index in [9.17, 15) is 5.11 Å². The van der Waals surface area contributed by atoms with E-state index < -0.39 is 5.60 Å². The van der Waals surface area contributed by atoms with Crippen LogP contribution in [-0.4, -0.2) is 24.8 Å². The fourth-order valence-corrected chi connectivity index (χ4v) is 3.80. The molecule has 2 aromatic carbocycles. The van der Waals surface area contributed by atoms with Gasteiger partial charge in [-0.05, 0) is 62.7 Å². The van der Waals surface area contributed by atoms with Gasteiger partial charge in [0.1, 0.15) is 17.1 Å². The third kappa shape index (κ3) is 4.76. The second kappa shape index (κ2) is 8.91. The Kier molecular flexibility index (Phi) is 5.77. The molecule has 0 radical (unpaired) electrons. The predicted octanol–water partition coefficient (Wildman–Crippen LogP) is 5.68. The highest BCUT2D eigenvalue weighted by atomic mass is 35.5. The number of anilines is 2. The summed E-state index contributed by atoms with van der Waals surface area (Å²) in [5, 5.41) is 19.4. The molecule has 5 aromatic rings. The minimum absolute atomic E-state index is 0.377. The molecule has 0 aliphatic rings. The van der Waals surface area contributed by atoms with Gasteiger partial charge >= 0.3 is 0 Å². The first-order valence-electron chi connectivity index (χ1n) is 11.0. The number of nitrogens with zero attached hydrogens (tertiary/aromatic N) is 4. The number of hydrogen-bond donors (Lipinski definition) is 2. The first kappa shape index (κ1) is 22.7. The van der Waals surface area contributed by atoms with Gasteiger partial charge < -0.3 is 19.5 Å². The molecule has 8 heteroatoms. The Bertz CT molecular complexity index is 1610. The number of aryl methyl sites for hydroxylation is 2. The van der Waals surface area contributed by atoms with Gasteiger partial charge in [-0.25, -0.2) is 4.98 Å². The maximum Gasteiger partial charge on any atom is 0.229 e. The van der Waals surface area contributed by atoms with Gasteiger partial charge in [-0.2, -0.15) is 4.98 Å². The van der Waals surface area contributed by atoms with Crippen LogP contribution in [0.3, 0.4) is 0 Å². The van der Waals surface area contributed by atoms with Crippen LogP contribution >= 0.6 is 11.6 Å². The van der Waals surface area contributed by atoms with Crippen LogP contribution in [-0.2, 0) is 5.60 Å². The Morgan fingerprint density at radius 3 is 2.77 bits per heavy atom. The summed E-state index contributed by atoms with van der Waals surface area (Å²) in [5.74, 6) is 7.02. The predicted molar refractivity (Wildman–Crippen MR) is 136 cm³/mol. The molecule has 2 N–H and O–H groups in total. The Morgan fingerprint density at radius 1 is 1.11 bits per heavy atom. The van der Waals surface area contributed by atoms with Crippen LogP contribution in [0.2, 0.25) is 5.02 Å². The topological polar surface area (TPSA) is 89.0 Å². The SMILES string of the molecule is Cc1cc(C(C)(O)C#Cc2cccc(-n3ccc4cnc(Nc5cc(Cl)ccc5C)nc43)c2)no1. The van der Waals surface area contributed by atoms with Crippen molar-refractivity contribution in [3.63, 3.8) is 0 Å². The summed E-state index contributed by atoms with van der Waals surface area (Å²) in [6.07, 6.45) is 3.72. The summed E-state index contributed by atoms with van der Waals surface area (Å²) in [7, 11) is 0. The van der Waals surface area contributed by atoms with Gasteiger partial charge in [-0.3, -0.25) is 0 Å². The van der Waals surface area contributed by atoms with Crippen molar-refractivity contribution in [2.45, 2.75) is 26.4 Å². The normalized spacial score (nSPS) is 12.7. The highest BCUT2D eigenvalue weighted by Gasteiger charge is 2.24. The van der Waals surface area contributed by atoms with E-state index in [4.69, 9.17) is 21.1 Å². The Morgan fingerprint density at radius 2 is 1.97 bits per heavy atom. The van der Waals surface area contributed by atoms with E-state index in [1.807, 2.05) is 66.2 Å². The van der Waals surface area contributed by atoms with E-state index in [1.54, 1.807) is 26.1 Å². The van der Waals surface area contributed by atoms with Gasteiger partial charge in [0.05, 0.1) is 0 Å². The highest BCUT2D eigenvalue weighted by Crippen LogP contribution is 2.25.